The number of hydrogen-bond donors (Lipinski definition) is 1. The summed E-state index contributed by atoms with van der Waals surface area (Å²) in [6.45, 7) is 1.86. The summed E-state index contributed by atoms with van der Waals surface area (Å²) in [6, 6.07) is -0.106. The molecule has 18 heavy (non-hydrogen) atoms. The first-order chi connectivity index (χ1) is 8.10. The third-order valence-electron chi connectivity index (χ3n) is 2.52. The van der Waals surface area contributed by atoms with Gasteiger partial charge in [0.25, 0.3) is 0 Å². The summed E-state index contributed by atoms with van der Waals surface area (Å²) in [5, 5.41) is 0. The van der Waals surface area contributed by atoms with Crippen LogP contribution >= 0.6 is 0 Å². The molecular weight excluding hydrogens is 277 g/mol. The van der Waals surface area contributed by atoms with Crippen LogP contribution in [0.1, 0.15) is 32.6 Å². The minimum Gasteiger partial charge on any atom is -0.328 e. The molecule has 0 aliphatic carbocycles. The smallest absolute Gasteiger partial charge is 0.328 e. The zero-order chi connectivity index (χ0) is 14.4. The van der Waals surface area contributed by atoms with Gasteiger partial charge in [0.2, 0.25) is 0 Å². The van der Waals surface area contributed by atoms with Crippen LogP contribution in [0.2, 0.25) is 0 Å². The molecule has 0 aliphatic heterocycles. The molecular formula is C10H18F5NOS. The average molecular weight is 295 g/mol. The van der Waals surface area contributed by atoms with Crippen LogP contribution in [0.5, 0.6) is 0 Å². The molecule has 0 aliphatic rings. The fraction of sp³-hybridized carbons (Fsp3) is 1.00. The summed E-state index contributed by atoms with van der Waals surface area (Å²) in [7, 11) is -1.38. The Labute approximate surface area is 106 Å². The SMILES string of the molecule is CCC(N)CCS(=O)CCCC(F)(F)C(F)(F)F. The van der Waals surface area contributed by atoms with Gasteiger partial charge in [-0.3, -0.25) is 4.21 Å². The van der Waals surface area contributed by atoms with Crippen molar-refractivity contribution in [3.63, 3.8) is 0 Å². The molecule has 0 aromatic carbocycles. The number of hydrogen-bond acceptors (Lipinski definition) is 2. The lowest BCUT2D eigenvalue weighted by atomic mass is 10.2. The lowest BCUT2D eigenvalue weighted by Crippen LogP contribution is -2.36. The second-order valence-electron chi connectivity index (χ2n) is 4.11. The van der Waals surface area contributed by atoms with Crippen LogP contribution in [0, 0.1) is 0 Å². The maximum absolute atomic E-state index is 12.5. The predicted molar refractivity (Wildman–Crippen MR) is 61.0 cm³/mol. The van der Waals surface area contributed by atoms with Crippen LogP contribution in [0.25, 0.3) is 0 Å². The summed E-state index contributed by atoms with van der Waals surface area (Å²) < 4.78 is 71.8. The molecule has 2 nitrogen and oxygen atoms in total. The van der Waals surface area contributed by atoms with Crippen molar-refractivity contribution in [2.24, 2.45) is 5.73 Å². The van der Waals surface area contributed by atoms with Gasteiger partial charge in [-0.05, 0) is 19.3 Å². The molecule has 0 saturated heterocycles. The Morgan fingerprint density at radius 3 is 2.17 bits per heavy atom. The van der Waals surface area contributed by atoms with E-state index in [1.54, 1.807) is 0 Å². The third kappa shape index (κ3) is 6.63. The largest absolute Gasteiger partial charge is 0.453 e. The van der Waals surface area contributed by atoms with Crippen LogP contribution in [-0.4, -0.2) is 33.9 Å². The summed E-state index contributed by atoms with van der Waals surface area (Å²) in [6.07, 6.45) is -6.07. The van der Waals surface area contributed by atoms with Crippen LogP contribution in [0.3, 0.4) is 0 Å². The second-order valence-corrected chi connectivity index (χ2v) is 5.81. The maximum atomic E-state index is 12.5. The first-order valence-electron chi connectivity index (χ1n) is 5.65. The highest BCUT2D eigenvalue weighted by molar-refractivity contribution is 7.84. The van der Waals surface area contributed by atoms with Crippen molar-refractivity contribution < 1.29 is 26.2 Å². The molecule has 0 heterocycles. The zero-order valence-electron chi connectivity index (χ0n) is 10.1. The van der Waals surface area contributed by atoms with E-state index in [1.807, 2.05) is 6.92 Å². The molecule has 0 spiro atoms. The molecule has 2 atom stereocenters. The van der Waals surface area contributed by atoms with Gasteiger partial charge in [0.05, 0.1) is 0 Å². The van der Waals surface area contributed by atoms with Crippen LogP contribution in [0.15, 0.2) is 0 Å². The fourth-order valence-corrected chi connectivity index (χ4v) is 2.42. The molecule has 2 N–H and O–H groups in total. The van der Waals surface area contributed by atoms with Crippen molar-refractivity contribution >= 4 is 10.8 Å². The summed E-state index contributed by atoms with van der Waals surface area (Å²) >= 11 is 0. The van der Waals surface area contributed by atoms with Gasteiger partial charge in [0.1, 0.15) is 0 Å². The van der Waals surface area contributed by atoms with Crippen LogP contribution < -0.4 is 5.73 Å². The van der Waals surface area contributed by atoms with Crippen molar-refractivity contribution in [3.05, 3.63) is 0 Å². The third-order valence-corrected chi connectivity index (χ3v) is 3.95. The molecule has 8 heteroatoms. The van der Waals surface area contributed by atoms with Gasteiger partial charge in [-0.1, -0.05) is 6.92 Å². The van der Waals surface area contributed by atoms with E-state index in [0.29, 0.717) is 12.8 Å². The van der Waals surface area contributed by atoms with Crippen molar-refractivity contribution in [2.75, 3.05) is 11.5 Å². The van der Waals surface area contributed by atoms with Crippen molar-refractivity contribution in [3.8, 4) is 0 Å². The Bertz CT molecular complexity index is 269. The second kappa shape index (κ2) is 7.37. The predicted octanol–water partition coefficient (Wildman–Crippen LogP) is 2.84. The molecule has 0 radical (unpaired) electrons. The molecule has 0 bridgehead atoms. The van der Waals surface area contributed by atoms with Gasteiger partial charge in [0.15, 0.2) is 0 Å². The van der Waals surface area contributed by atoms with Gasteiger partial charge >= 0.3 is 12.1 Å². The molecule has 0 aromatic rings. The fourth-order valence-electron chi connectivity index (χ4n) is 1.19. The summed E-state index contributed by atoms with van der Waals surface area (Å²) in [5.41, 5.74) is 5.57. The topological polar surface area (TPSA) is 43.1 Å². The first-order valence-corrected chi connectivity index (χ1v) is 7.14. The molecule has 110 valence electrons. The van der Waals surface area contributed by atoms with E-state index in [-0.39, 0.29) is 17.5 Å². The van der Waals surface area contributed by atoms with Gasteiger partial charge in [0, 0.05) is 34.8 Å². The van der Waals surface area contributed by atoms with Gasteiger partial charge < -0.3 is 5.73 Å². The Kier molecular flexibility index (Phi) is 7.28. The van der Waals surface area contributed by atoms with E-state index in [4.69, 9.17) is 5.73 Å². The number of nitrogens with two attached hydrogens (primary N) is 1. The number of rotatable bonds is 8. The van der Waals surface area contributed by atoms with E-state index in [9.17, 15) is 26.2 Å². The molecule has 2 unspecified atom stereocenters. The lowest BCUT2D eigenvalue weighted by molar-refractivity contribution is -0.284. The summed E-state index contributed by atoms with van der Waals surface area (Å²) in [4.78, 5) is 0. The highest BCUT2D eigenvalue weighted by Crippen LogP contribution is 2.38. The number of halogens is 5. The van der Waals surface area contributed by atoms with E-state index in [0.717, 1.165) is 0 Å². The van der Waals surface area contributed by atoms with Crippen LogP contribution in [0.4, 0.5) is 22.0 Å². The van der Waals surface area contributed by atoms with Crippen molar-refractivity contribution in [1.29, 1.82) is 0 Å². The van der Waals surface area contributed by atoms with Gasteiger partial charge in [-0.2, -0.15) is 22.0 Å². The van der Waals surface area contributed by atoms with E-state index >= 15 is 0 Å². The Balaban J connectivity index is 3.88. The van der Waals surface area contributed by atoms with Crippen molar-refractivity contribution in [1.82, 2.24) is 0 Å². The Hall–Kier alpha value is -0.240. The quantitative estimate of drug-likeness (QED) is 0.700. The molecule has 0 fully saturated rings. The lowest BCUT2D eigenvalue weighted by Gasteiger charge is -2.19. The molecule has 0 amide bonds. The summed E-state index contributed by atoms with van der Waals surface area (Å²) in [5.74, 6) is -4.61. The monoisotopic (exact) mass is 295 g/mol. The Morgan fingerprint density at radius 2 is 1.72 bits per heavy atom. The van der Waals surface area contributed by atoms with Crippen LogP contribution in [-0.2, 0) is 10.8 Å². The average Bonchev–Trinajstić information content (AvgIpc) is 2.24. The standard InChI is InChI=1S/C10H18F5NOS/c1-2-8(16)4-7-18(17)6-3-5-9(11,12)10(13,14)15/h8H,2-7,16H2,1H3. The number of alkyl halides is 5. The van der Waals surface area contributed by atoms with E-state index < -0.39 is 35.7 Å². The highest BCUT2D eigenvalue weighted by atomic mass is 32.2. The van der Waals surface area contributed by atoms with E-state index in [2.05, 4.69) is 0 Å². The van der Waals surface area contributed by atoms with Crippen molar-refractivity contribution in [2.45, 2.75) is 50.7 Å². The molecule has 0 saturated carbocycles. The minimum atomic E-state index is -5.53. The highest BCUT2D eigenvalue weighted by Gasteiger charge is 2.56. The minimum absolute atomic E-state index is 0.106. The Morgan fingerprint density at radius 1 is 1.17 bits per heavy atom. The zero-order valence-corrected chi connectivity index (χ0v) is 10.9. The van der Waals surface area contributed by atoms with E-state index in [1.165, 1.54) is 0 Å². The maximum Gasteiger partial charge on any atom is 0.453 e. The van der Waals surface area contributed by atoms with Gasteiger partial charge in [-0.15, -0.1) is 0 Å². The molecule has 0 rings (SSSR count). The first kappa shape index (κ1) is 17.8. The molecule has 0 aromatic heterocycles. The normalized spacial score (nSPS) is 16.6. The van der Waals surface area contributed by atoms with Gasteiger partial charge in [-0.25, -0.2) is 0 Å².